The summed E-state index contributed by atoms with van der Waals surface area (Å²) in [6.07, 6.45) is 0. The van der Waals surface area contributed by atoms with Gasteiger partial charge < -0.3 is 9.80 Å². The van der Waals surface area contributed by atoms with Crippen LogP contribution in [0.3, 0.4) is 0 Å². The quantitative estimate of drug-likeness (QED) is 0.172. The molecule has 48 heavy (non-hydrogen) atoms. The molecule has 0 heterocycles. The van der Waals surface area contributed by atoms with E-state index in [-0.39, 0.29) is 0 Å². The summed E-state index contributed by atoms with van der Waals surface area (Å²) in [5, 5.41) is 0. The molecule has 7 aromatic rings. The van der Waals surface area contributed by atoms with E-state index in [4.69, 9.17) is 0 Å². The number of nitrogens with zero attached hydrogens (tertiary/aromatic N) is 2. The van der Waals surface area contributed by atoms with Gasteiger partial charge in [0, 0.05) is 56.4 Å². The lowest BCUT2D eigenvalue weighted by Gasteiger charge is -2.25. The van der Waals surface area contributed by atoms with Crippen LogP contribution in [-0.2, 0) is 0 Å². The van der Waals surface area contributed by atoms with Crippen molar-refractivity contribution < 1.29 is 0 Å². The normalized spacial score (nSPS) is 10.2. The van der Waals surface area contributed by atoms with Crippen molar-refractivity contribution in [3.63, 3.8) is 0 Å². The maximum absolute atomic E-state index is 3.31. The minimum atomic E-state index is 0.950. The minimum Gasteiger partial charge on any atom is -0.311 e. The molecule has 0 aliphatic rings. The van der Waals surface area contributed by atoms with E-state index in [2.05, 4.69) is 179 Å². The minimum absolute atomic E-state index is 0.950. The Bertz CT molecular complexity index is 1940. The third-order valence-corrected chi connectivity index (χ3v) is 7.90. The van der Waals surface area contributed by atoms with Crippen molar-refractivity contribution in [2.24, 2.45) is 0 Å². The number of benzene rings is 7. The first-order valence-electron chi connectivity index (χ1n) is 15.9. The number of anilines is 6. The molecule has 0 saturated carbocycles. The average Bonchev–Trinajstić information content (AvgIpc) is 3.17. The van der Waals surface area contributed by atoms with Gasteiger partial charge in [0.15, 0.2) is 0 Å². The molecule has 0 aliphatic heterocycles. The Morgan fingerprint density at radius 1 is 0.208 bits per heavy atom. The first kappa shape index (κ1) is 29.9. The van der Waals surface area contributed by atoms with Gasteiger partial charge in [-0.2, -0.15) is 0 Å². The molecule has 7 aromatic carbocycles. The highest BCUT2D eigenvalue weighted by Crippen LogP contribution is 2.35. The van der Waals surface area contributed by atoms with Crippen LogP contribution in [0.1, 0.15) is 22.3 Å². The molecular weight excluding hydrogens is 581 g/mol. The van der Waals surface area contributed by atoms with E-state index < -0.39 is 0 Å². The lowest BCUT2D eigenvalue weighted by atomic mass is 10.1. The molecule has 0 fully saturated rings. The standard InChI is InChI=1S/C46H32N2/c1-5-13-41(14-6-1)47(42-15-7-2-8-16-42)45-33-29-39(30-34-45)27-25-37-21-23-38(24-22-37)26-28-40-31-35-46(36-32-40)48(43-17-9-3-10-18-43)44-19-11-4-12-20-44/h1-24,29-36H. The van der Waals surface area contributed by atoms with Crippen molar-refractivity contribution in [2.75, 3.05) is 9.80 Å². The molecular formula is C46H32N2. The zero-order valence-corrected chi connectivity index (χ0v) is 26.4. The predicted molar refractivity (Wildman–Crippen MR) is 201 cm³/mol. The molecule has 0 aromatic heterocycles. The second-order valence-electron chi connectivity index (χ2n) is 11.2. The van der Waals surface area contributed by atoms with E-state index in [1.807, 2.05) is 48.5 Å². The van der Waals surface area contributed by atoms with Crippen LogP contribution in [0.5, 0.6) is 0 Å². The van der Waals surface area contributed by atoms with Crippen LogP contribution in [-0.4, -0.2) is 0 Å². The Morgan fingerprint density at radius 2 is 0.396 bits per heavy atom. The molecule has 226 valence electrons. The van der Waals surface area contributed by atoms with Crippen LogP contribution >= 0.6 is 0 Å². The van der Waals surface area contributed by atoms with Crippen molar-refractivity contribution in [3.05, 3.63) is 216 Å². The van der Waals surface area contributed by atoms with E-state index in [0.717, 1.165) is 56.4 Å². The van der Waals surface area contributed by atoms with Gasteiger partial charge >= 0.3 is 0 Å². The summed E-state index contributed by atoms with van der Waals surface area (Å²) in [6, 6.07) is 66.5. The van der Waals surface area contributed by atoms with E-state index in [1.165, 1.54) is 0 Å². The van der Waals surface area contributed by atoms with Crippen LogP contribution in [0, 0.1) is 23.7 Å². The van der Waals surface area contributed by atoms with Crippen LogP contribution < -0.4 is 9.80 Å². The molecule has 0 aliphatic carbocycles. The molecule has 0 bridgehead atoms. The van der Waals surface area contributed by atoms with Crippen LogP contribution in [0.15, 0.2) is 194 Å². The molecule has 0 atom stereocenters. The number of hydrogen-bond donors (Lipinski definition) is 0. The van der Waals surface area contributed by atoms with E-state index >= 15 is 0 Å². The molecule has 0 saturated heterocycles. The maximum atomic E-state index is 3.31. The van der Waals surface area contributed by atoms with Gasteiger partial charge in [-0.15, -0.1) is 0 Å². The zero-order chi connectivity index (χ0) is 32.4. The summed E-state index contributed by atoms with van der Waals surface area (Å²) in [5.74, 6) is 13.2. The molecule has 2 nitrogen and oxygen atoms in total. The lowest BCUT2D eigenvalue weighted by molar-refractivity contribution is 1.28. The molecule has 2 heteroatoms. The predicted octanol–water partition coefficient (Wildman–Crippen LogP) is 11.4. The van der Waals surface area contributed by atoms with Gasteiger partial charge in [0.25, 0.3) is 0 Å². The number of para-hydroxylation sites is 4. The Morgan fingerprint density at radius 3 is 0.625 bits per heavy atom. The number of hydrogen-bond acceptors (Lipinski definition) is 2. The van der Waals surface area contributed by atoms with Gasteiger partial charge in [0.05, 0.1) is 0 Å². The van der Waals surface area contributed by atoms with Crippen molar-refractivity contribution in [3.8, 4) is 23.7 Å². The Kier molecular flexibility index (Phi) is 9.09. The van der Waals surface area contributed by atoms with Crippen molar-refractivity contribution in [2.45, 2.75) is 0 Å². The fourth-order valence-electron chi connectivity index (χ4n) is 5.52. The van der Waals surface area contributed by atoms with Gasteiger partial charge in [-0.3, -0.25) is 0 Å². The molecule has 0 radical (unpaired) electrons. The second kappa shape index (κ2) is 14.6. The fourth-order valence-corrected chi connectivity index (χ4v) is 5.52. The van der Waals surface area contributed by atoms with Gasteiger partial charge in [-0.25, -0.2) is 0 Å². The Hall–Kier alpha value is -6.74. The van der Waals surface area contributed by atoms with Crippen molar-refractivity contribution in [1.29, 1.82) is 0 Å². The largest absolute Gasteiger partial charge is 0.311 e. The third-order valence-electron chi connectivity index (χ3n) is 7.90. The van der Waals surface area contributed by atoms with Gasteiger partial charge in [-0.05, 0) is 121 Å². The molecule has 0 spiro atoms. The molecule has 0 amide bonds. The third kappa shape index (κ3) is 7.21. The van der Waals surface area contributed by atoms with Gasteiger partial charge in [0.2, 0.25) is 0 Å². The highest BCUT2D eigenvalue weighted by Gasteiger charge is 2.12. The molecule has 7 rings (SSSR count). The van der Waals surface area contributed by atoms with Crippen LogP contribution in [0.2, 0.25) is 0 Å². The highest BCUT2D eigenvalue weighted by atomic mass is 15.1. The van der Waals surface area contributed by atoms with E-state index in [0.29, 0.717) is 0 Å². The fraction of sp³-hybridized carbons (Fsp3) is 0. The van der Waals surface area contributed by atoms with Gasteiger partial charge in [0.1, 0.15) is 0 Å². The monoisotopic (exact) mass is 612 g/mol. The summed E-state index contributed by atoms with van der Waals surface area (Å²) in [4.78, 5) is 4.49. The summed E-state index contributed by atoms with van der Waals surface area (Å²) in [7, 11) is 0. The lowest BCUT2D eigenvalue weighted by Crippen LogP contribution is -2.09. The molecule has 0 unspecified atom stereocenters. The topological polar surface area (TPSA) is 6.48 Å². The average molecular weight is 613 g/mol. The van der Waals surface area contributed by atoms with Crippen LogP contribution in [0.4, 0.5) is 34.1 Å². The summed E-state index contributed by atoms with van der Waals surface area (Å²) in [6.45, 7) is 0. The summed E-state index contributed by atoms with van der Waals surface area (Å²) < 4.78 is 0. The van der Waals surface area contributed by atoms with Crippen LogP contribution in [0.25, 0.3) is 0 Å². The zero-order valence-electron chi connectivity index (χ0n) is 26.4. The Labute approximate surface area is 283 Å². The second-order valence-corrected chi connectivity index (χ2v) is 11.2. The summed E-state index contributed by atoms with van der Waals surface area (Å²) in [5.41, 5.74) is 10.4. The van der Waals surface area contributed by atoms with E-state index in [1.54, 1.807) is 0 Å². The number of rotatable bonds is 6. The maximum Gasteiger partial charge on any atom is 0.0462 e. The van der Waals surface area contributed by atoms with E-state index in [9.17, 15) is 0 Å². The van der Waals surface area contributed by atoms with Gasteiger partial charge in [-0.1, -0.05) is 96.5 Å². The smallest absolute Gasteiger partial charge is 0.0462 e. The first-order chi connectivity index (χ1) is 23.8. The SMILES string of the molecule is C(#Cc1ccc(N(c2ccccc2)c2ccccc2)cc1)c1ccc(C#Cc2ccc(N(c3ccccc3)c3ccccc3)cc2)cc1. The van der Waals surface area contributed by atoms with Crippen molar-refractivity contribution in [1.82, 2.24) is 0 Å². The Balaban J connectivity index is 1.03. The highest BCUT2D eigenvalue weighted by molar-refractivity contribution is 5.77. The molecule has 0 N–H and O–H groups in total. The van der Waals surface area contributed by atoms with Crippen molar-refractivity contribution >= 4 is 34.1 Å². The summed E-state index contributed by atoms with van der Waals surface area (Å²) >= 11 is 0. The first-order valence-corrected chi connectivity index (χ1v) is 15.9.